The summed E-state index contributed by atoms with van der Waals surface area (Å²) < 4.78 is 3.47. The maximum atomic E-state index is 12.9. The van der Waals surface area contributed by atoms with Crippen LogP contribution < -0.4 is 11.1 Å². The normalized spacial score (nSPS) is 13.4. The summed E-state index contributed by atoms with van der Waals surface area (Å²) >= 11 is 0. The minimum atomic E-state index is -0.215. The van der Waals surface area contributed by atoms with Crippen LogP contribution in [0.15, 0.2) is 54.9 Å². The Labute approximate surface area is 187 Å². The number of carbonyl (C=O) groups excluding carboxylic acids is 1. The monoisotopic (exact) mass is 431 g/mol. The molecule has 0 unspecified atom stereocenters. The summed E-state index contributed by atoms with van der Waals surface area (Å²) in [5.41, 5.74) is 9.66. The van der Waals surface area contributed by atoms with Crippen molar-refractivity contribution >= 4 is 17.5 Å². The van der Waals surface area contributed by atoms with Gasteiger partial charge >= 0.3 is 0 Å². The smallest absolute Gasteiger partial charge is 0.270 e. The molecule has 8 nitrogen and oxygen atoms in total. The third-order valence-electron chi connectivity index (χ3n) is 5.67. The third-order valence-corrected chi connectivity index (χ3v) is 5.67. The van der Waals surface area contributed by atoms with Gasteiger partial charge in [0, 0.05) is 17.8 Å². The van der Waals surface area contributed by atoms with Gasteiger partial charge in [-0.1, -0.05) is 51.1 Å². The standard InChI is InChI=1S/C24H29N7O/c1-5-16(4)27-23(32)20-11-18(12-21-28-24(25)29-31(20)21)19-13-26-30(14-19)22(15(2)3)17-9-7-6-8-10-17/h6-16,22H,5H2,1-4H3,(H2,25,29)(H,27,32)/t16-,22-/m0/s1. The van der Waals surface area contributed by atoms with E-state index in [2.05, 4.69) is 46.5 Å². The highest BCUT2D eigenvalue weighted by Crippen LogP contribution is 2.29. The van der Waals surface area contributed by atoms with Gasteiger partial charge in [-0.3, -0.25) is 9.48 Å². The molecule has 166 valence electrons. The molecule has 4 aromatic rings. The molecule has 3 aromatic heterocycles. The maximum Gasteiger partial charge on any atom is 0.270 e. The zero-order valence-corrected chi connectivity index (χ0v) is 18.9. The zero-order chi connectivity index (χ0) is 22.8. The van der Waals surface area contributed by atoms with E-state index in [4.69, 9.17) is 5.73 Å². The van der Waals surface area contributed by atoms with E-state index in [0.29, 0.717) is 17.3 Å². The number of nitrogens with two attached hydrogens (primary N) is 1. The maximum absolute atomic E-state index is 12.9. The second kappa shape index (κ2) is 8.82. The van der Waals surface area contributed by atoms with Gasteiger partial charge in [-0.25, -0.2) is 4.52 Å². The van der Waals surface area contributed by atoms with E-state index in [1.54, 1.807) is 0 Å². The molecular formula is C24H29N7O. The van der Waals surface area contributed by atoms with Crippen LogP contribution in [0.4, 0.5) is 5.95 Å². The molecule has 3 N–H and O–H groups in total. The van der Waals surface area contributed by atoms with Gasteiger partial charge in [0.2, 0.25) is 5.95 Å². The van der Waals surface area contributed by atoms with Gasteiger partial charge in [0.25, 0.3) is 5.91 Å². The molecule has 0 aliphatic carbocycles. The van der Waals surface area contributed by atoms with E-state index in [-0.39, 0.29) is 23.9 Å². The molecule has 32 heavy (non-hydrogen) atoms. The molecule has 0 saturated carbocycles. The number of nitrogens with one attached hydrogen (secondary N) is 1. The number of amides is 1. The van der Waals surface area contributed by atoms with Crippen LogP contribution in [0, 0.1) is 5.92 Å². The minimum Gasteiger partial charge on any atom is -0.366 e. The van der Waals surface area contributed by atoms with Crippen LogP contribution in [0.3, 0.4) is 0 Å². The molecule has 1 aromatic carbocycles. The van der Waals surface area contributed by atoms with E-state index >= 15 is 0 Å². The lowest BCUT2D eigenvalue weighted by Gasteiger charge is -2.22. The topological polar surface area (TPSA) is 103 Å². The van der Waals surface area contributed by atoms with Crippen LogP contribution in [0.2, 0.25) is 0 Å². The summed E-state index contributed by atoms with van der Waals surface area (Å²) in [6.45, 7) is 8.35. The minimum absolute atomic E-state index is 0.0440. The first-order valence-electron chi connectivity index (χ1n) is 10.9. The lowest BCUT2D eigenvalue weighted by molar-refractivity contribution is 0.0932. The molecule has 4 rings (SSSR count). The van der Waals surface area contributed by atoms with Crippen molar-refractivity contribution in [2.24, 2.45) is 5.92 Å². The fourth-order valence-electron chi connectivity index (χ4n) is 3.86. The number of anilines is 1. The Bertz CT molecular complexity index is 1230. The summed E-state index contributed by atoms with van der Waals surface area (Å²) in [7, 11) is 0. The number of hydrogen-bond acceptors (Lipinski definition) is 5. The van der Waals surface area contributed by atoms with Crippen molar-refractivity contribution < 1.29 is 4.79 Å². The highest BCUT2D eigenvalue weighted by atomic mass is 16.2. The van der Waals surface area contributed by atoms with E-state index in [1.807, 2.05) is 61.3 Å². The largest absolute Gasteiger partial charge is 0.366 e. The predicted molar refractivity (Wildman–Crippen MR) is 125 cm³/mol. The zero-order valence-electron chi connectivity index (χ0n) is 18.9. The summed E-state index contributed by atoms with van der Waals surface area (Å²) in [6.07, 6.45) is 4.66. The number of pyridine rings is 1. The average molecular weight is 432 g/mol. The summed E-state index contributed by atoms with van der Waals surface area (Å²) in [5.74, 6) is 0.257. The van der Waals surface area contributed by atoms with Crippen LogP contribution >= 0.6 is 0 Å². The molecule has 0 radical (unpaired) electrons. The number of benzene rings is 1. The molecule has 0 bridgehead atoms. The van der Waals surface area contributed by atoms with Gasteiger partial charge < -0.3 is 11.1 Å². The van der Waals surface area contributed by atoms with Gasteiger partial charge in [0.05, 0.1) is 12.2 Å². The lowest BCUT2D eigenvalue weighted by Crippen LogP contribution is -2.33. The SMILES string of the molecule is CC[C@H](C)NC(=O)c1cc(-c2cnn([C@H](c3ccccc3)C(C)C)c2)cc2nc(N)nn12. The van der Waals surface area contributed by atoms with Gasteiger partial charge in [0.15, 0.2) is 5.65 Å². The Morgan fingerprint density at radius 2 is 1.88 bits per heavy atom. The fourth-order valence-corrected chi connectivity index (χ4v) is 3.86. The number of fused-ring (bicyclic) bond motifs is 1. The van der Waals surface area contributed by atoms with Crippen LogP contribution in [-0.2, 0) is 0 Å². The van der Waals surface area contributed by atoms with Crippen LogP contribution in [0.1, 0.15) is 56.2 Å². The number of carbonyl (C=O) groups is 1. The first kappa shape index (κ1) is 21.5. The quantitative estimate of drug-likeness (QED) is 0.461. The Kier molecular flexibility index (Phi) is 5.94. The van der Waals surface area contributed by atoms with Gasteiger partial charge in [-0.2, -0.15) is 10.1 Å². The molecule has 3 heterocycles. The number of rotatable bonds is 7. The molecule has 2 atom stereocenters. The van der Waals surface area contributed by atoms with Crippen LogP contribution in [0.5, 0.6) is 0 Å². The first-order valence-corrected chi connectivity index (χ1v) is 10.9. The van der Waals surface area contributed by atoms with Crippen LogP contribution in [-0.4, -0.2) is 36.3 Å². The molecule has 0 aliphatic heterocycles. The number of aromatic nitrogens is 5. The van der Waals surface area contributed by atoms with Crippen molar-refractivity contribution in [2.45, 2.75) is 46.2 Å². The molecule has 8 heteroatoms. The summed E-state index contributed by atoms with van der Waals surface area (Å²) in [6, 6.07) is 14.2. The van der Waals surface area contributed by atoms with E-state index in [0.717, 1.165) is 17.5 Å². The number of nitrogens with zero attached hydrogens (tertiary/aromatic N) is 5. The van der Waals surface area contributed by atoms with Crippen LogP contribution in [0.25, 0.3) is 16.8 Å². The fraction of sp³-hybridized carbons (Fsp3) is 0.333. The molecule has 0 spiro atoms. The van der Waals surface area contributed by atoms with Crippen molar-refractivity contribution in [3.8, 4) is 11.1 Å². The lowest BCUT2D eigenvalue weighted by atomic mass is 9.96. The van der Waals surface area contributed by atoms with Crippen molar-refractivity contribution in [1.82, 2.24) is 29.7 Å². The molecular weight excluding hydrogens is 402 g/mol. The van der Waals surface area contributed by atoms with Crippen molar-refractivity contribution in [2.75, 3.05) is 5.73 Å². The number of hydrogen-bond donors (Lipinski definition) is 2. The highest BCUT2D eigenvalue weighted by molar-refractivity contribution is 5.95. The second-order valence-corrected chi connectivity index (χ2v) is 8.46. The predicted octanol–water partition coefficient (Wildman–Crippen LogP) is 3.95. The van der Waals surface area contributed by atoms with Crippen molar-refractivity contribution in [3.63, 3.8) is 0 Å². The highest BCUT2D eigenvalue weighted by Gasteiger charge is 2.21. The second-order valence-electron chi connectivity index (χ2n) is 8.46. The Morgan fingerprint density at radius 3 is 2.56 bits per heavy atom. The average Bonchev–Trinajstić information content (AvgIpc) is 3.39. The molecule has 1 amide bonds. The number of nitrogen functional groups attached to an aromatic ring is 1. The first-order chi connectivity index (χ1) is 15.4. The molecule has 0 aliphatic rings. The Balaban J connectivity index is 1.76. The summed E-state index contributed by atoms with van der Waals surface area (Å²) in [5, 5.41) is 11.9. The Hall–Kier alpha value is -3.68. The van der Waals surface area contributed by atoms with E-state index in [9.17, 15) is 4.79 Å². The van der Waals surface area contributed by atoms with Gasteiger partial charge in [-0.15, -0.1) is 5.10 Å². The summed E-state index contributed by atoms with van der Waals surface area (Å²) in [4.78, 5) is 17.2. The van der Waals surface area contributed by atoms with Gasteiger partial charge in [0.1, 0.15) is 5.69 Å². The van der Waals surface area contributed by atoms with E-state index < -0.39 is 0 Å². The van der Waals surface area contributed by atoms with E-state index in [1.165, 1.54) is 10.1 Å². The molecule has 0 fully saturated rings. The van der Waals surface area contributed by atoms with Crippen molar-refractivity contribution in [3.05, 3.63) is 66.1 Å². The van der Waals surface area contributed by atoms with Gasteiger partial charge in [-0.05, 0) is 42.5 Å². The Morgan fingerprint density at radius 1 is 1.12 bits per heavy atom. The third kappa shape index (κ3) is 4.21. The molecule has 0 saturated heterocycles. The van der Waals surface area contributed by atoms with Crippen molar-refractivity contribution in [1.29, 1.82) is 0 Å².